The number of aromatic nitrogens is 2. The Balaban J connectivity index is 1.82. The lowest BCUT2D eigenvalue weighted by Gasteiger charge is -2.11. The fourth-order valence-corrected chi connectivity index (χ4v) is 2.16. The Kier molecular flexibility index (Phi) is 4.10. The molecule has 5 nitrogen and oxygen atoms in total. The summed E-state index contributed by atoms with van der Waals surface area (Å²) in [5.74, 6) is 1.48. The van der Waals surface area contributed by atoms with Crippen LogP contribution in [0.4, 0.5) is 23.1 Å². The molecule has 0 radical (unpaired) electrons. The Labute approximate surface area is 135 Å². The van der Waals surface area contributed by atoms with Gasteiger partial charge in [-0.1, -0.05) is 12.1 Å². The summed E-state index contributed by atoms with van der Waals surface area (Å²) in [6.07, 6.45) is 1.77. The number of anilines is 4. The van der Waals surface area contributed by atoms with E-state index in [1.54, 1.807) is 30.5 Å². The lowest BCUT2D eigenvalue weighted by molar-refractivity contribution is 0.475. The highest BCUT2D eigenvalue weighted by atomic mass is 16.3. The van der Waals surface area contributed by atoms with Crippen molar-refractivity contribution in [3.05, 3.63) is 65.9 Å². The van der Waals surface area contributed by atoms with Crippen LogP contribution in [0.15, 0.2) is 54.7 Å². The van der Waals surface area contributed by atoms with Crippen LogP contribution in [-0.2, 0) is 0 Å². The first-order chi connectivity index (χ1) is 11.1. The number of aromatic hydroxyl groups is 1. The minimum Gasteiger partial charge on any atom is -0.508 e. The highest BCUT2D eigenvalue weighted by Crippen LogP contribution is 2.22. The topological polar surface area (TPSA) is 70.1 Å². The minimum absolute atomic E-state index is 0.224. The van der Waals surface area contributed by atoms with E-state index in [4.69, 9.17) is 0 Å². The van der Waals surface area contributed by atoms with Crippen LogP contribution in [0.25, 0.3) is 0 Å². The summed E-state index contributed by atoms with van der Waals surface area (Å²) in [5.41, 5.74) is 3.95. The maximum Gasteiger partial charge on any atom is 0.229 e. The highest BCUT2D eigenvalue weighted by Gasteiger charge is 2.05. The monoisotopic (exact) mass is 306 g/mol. The summed E-state index contributed by atoms with van der Waals surface area (Å²) in [6.45, 7) is 4.01. The van der Waals surface area contributed by atoms with Crippen molar-refractivity contribution in [3.8, 4) is 5.75 Å². The van der Waals surface area contributed by atoms with Crippen LogP contribution in [-0.4, -0.2) is 15.1 Å². The molecule has 0 amide bonds. The van der Waals surface area contributed by atoms with Gasteiger partial charge in [0.2, 0.25) is 5.95 Å². The molecular weight excluding hydrogens is 288 g/mol. The zero-order chi connectivity index (χ0) is 16.2. The largest absolute Gasteiger partial charge is 0.508 e. The molecule has 1 heterocycles. The lowest BCUT2D eigenvalue weighted by atomic mass is 10.2. The van der Waals surface area contributed by atoms with Crippen molar-refractivity contribution in [1.29, 1.82) is 0 Å². The molecule has 0 fully saturated rings. The van der Waals surface area contributed by atoms with E-state index in [0.717, 1.165) is 22.8 Å². The highest BCUT2D eigenvalue weighted by molar-refractivity contribution is 5.62. The lowest BCUT2D eigenvalue weighted by Crippen LogP contribution is -2.02. The van der Waals surface area contributed by atoms with Gasteiger partial charge in [0.05, 0.1) is 0 Å². The second kappa shape index (κ2) is 6.36. The van der Waals surface area contributed by atoms with Gasteiger partial charge >= 0.3 is 0 Å². The van der Waals surface area contributed by atoms with Crippen LogP contribution in [0, 0.1) is 13.8 Å². The molecule has 0 aliphatic carbocycles. The number of phenolic OH excluding ortho intramolecular Hbond substituents is 1. The Morgan fingerprint density at radius 3 is 2.43 bits per heavy atom. The van der Waals surface area contributed by atoms with Gasteiger partial charge < -0.3 is 15.7 Å². The second-order valence-electron chi connectivity index (χ2n) is 5.39. The molecule has 3 aromatic rings. The number of benzene rings is 2. The van der Waals surface area contributed by atoms with Crippen LogP contribution >= 0.6 is 0 Å². The van der Waals surface area contributed by atoms with Gasteiger partial charge in [-0.05, 0) is 55.8 Å². The maximum atomic E-state index is 9.32. The molecular formula is C18H18N4O. The van der Waals surface area contributed by atoms with Crippen molar-refractivity contribution in [2.45, 2.75) is 13.8 Å². The summed E-state index contributed by atoms with van der Waals surface area (Å²) in [4.78, 5) is 8.81. The number of rotatable bonds is 4. The van der Waals surface area contributed by atoms with Crippen LogP contribution in [0.1, 0.15) is 11.1 Å². The smallest absolute Gasteiger partial charge is 0.229 e. The fraction of sp³-hybridized carbons (Fsp3) is 0.111. The van der Waals surface area contributed by atoms with Gasteiger partial charge in [-0.25, -0.2) is 4.98 Å². The van der Waals surface area contributed by atoms with Crippen LogP contribution in [0.3, 0.4) is 0 Å². The van der Waals surface area contributed by atoms with E-state index in [1.807, 2.05) is 19.1 Å². The Bertz CT molecular complexity index is 816. The molecule has 3 N–H and O–H groups in total. The molecule has 1 aromatic heterocycles. The molecule has 0 unspecified atom stereocenters. The van der Waals surface area contributed by atoms with Crippen molar-refractivity contribution in [1.82, 2.24) is 9.97 Å². The number of hydrogen-bond acceptors (Lipinski definition) is 5. The van der Waals surface area contributed by atoms with Crippen LogP contribution in [0.5, 0.6) is 5.75 Å². The van der Waals surface area contributed by atoms with E-state index in [0.29, 0.717) is 5.95 Å². The first kappa shape index (κ1) is 14.8. The van der Waals surface area contributed by atoms with Gasteiger partial charge in [0.15, 0.2) is 0 Å². The number of phenols is 1. The predicted molar refractivity (Wildman–Crippen MR) is 92.6 cm³/mol. The van der Waals surface area contributed by atoms with Gasteiger partial charge in [0.25, 0.3) is 0 Å². The van der Waals surface area contributed by atoms with E-state index < -0.39 is 0 Å². The van der Waals surface area contributed by atoms with E-state index in [1.165, 1.54) is 5.56 Å². The third kappa shape index (κ3) is 3.77. The van der Waals surface area contributed by atoms with E-state index in [-0.39, 0.29) is 5.75 Å². The van der Waals surface area contributed by atoms with E-state index in [2.05, 4.69) is 39.7 Å². The molecule has 0 atom stereocenters. The zero-order valence-corrected chi connectivity index (χ0v) is 13.0. The third-order valence-corrected chi connectivity index (χ3v) is 3.38. The Hall–Kier alpha value is -3.08. The molecule has 0 aliphatic rings. The van der Waals surface area contributed by atoms with Crippen molar-refractivity contribution >= 4 is 23.1 Å². The summed E-state index contributed by atoms with van der Waals surface area (Å²) in [7, 11) is 0. The molecule has 116 valence electrons. The molecule has 0 saturated heterocycles. The summed E-state index contributed by atoms with van der Waals surface area (Å²) in [5, 5.41) is 15.8. The van der Waals surface area contributed by atoms with E-state index in [9.17, 15) is 5.11 Å². The third-order valence-electron chi connectivity index (χ3n) is 3.38. The molecule has 0 saturated carbocycles. The predicted octanol–water partition coefficient (Wildman–Crippen LogP) is 4.29. The molecule has 23 heavy (non-hydrogen) atoms. The van der Waals surface area contributed by atoms with Gasteiger partial charge in [0.1, 0.15) is 11.6 Å². The van der Waals surface area contributed by atoms with Crippen molar-refractivity contribution < 1.29 is 5.11 Å². The number of nitrogens with one attached hydrogen (secondary N) is 2. The summed E-state index contributed by atoms with van der Waals surface area (Å²) in [6, 6.07) is 14.9. The number of nitrogens with zero attached hydrogens (tertiary/aromatic N) is 2. The van der Waals surface area contributed by atoms with Crippen molar-refractivity contribution in [2.24, 2.45) is 0 Å². The molecule has 0 spiro atoms. The van der Waals surface area contributed by atoms with Crippen molar-refractivity contribution in [2.75, 3.05) is 10.6 Å². The molecule has 2 aromatic carbocycles. The second-order valence-corrected chi connectivity index (χ2v) is 5.39. The van der Waals surface area contributed by atoms with Gasteiger partial charge in [-0.15, -0.1) is 0 Å². The zero-order valence-electron chi connectivity index (χ0n) is 13.0. The molecule has 0 aliphatic heterocycles. The number of hydrogen-bond donors (Lipinski definition) is 3. The van der Waals surface area contributed by atoms with E-state index >= 15 is 0 Å². The molecule has 5 heteroatoms. The Morgan fingerprint density at radius 1 is 0.913 bits per heavy atom. The number of aryl methyl sites for hydroxylation is 2. The normalized spacial score (nSPS) is 10.3. The van der Waals surface area contributed by atoms with Crippen LogP contribution in [0.2, 0.25) is 0 Å². The Morgan fingerprint density at radius 2 is 1.70 bits per heavy atom. The fourth-order valence-electron chi connectivity index (χ4n) is 2.16. The average Bonchev–Trinajstić information content (AvgIpc) is 2.53. The first-order valence-corrected chi connectivity index (χ1v) is 7.33. The summed E-state index contributed by atoms with van der Waals surface area (Å²) < 4.78 is 0. The molecule has 3 rings (SSSR count). The van der Waals surface area contributed by atoms with Crippen molar-refractivity contribution in [3.63, 3.8) is 0 Å². The van der Waals surface area contributed by atoms with Gasteiger partial charge in [0, 0.05) is 23.1 Å². The van der Waals surface area contributed by atoms with Gasteiger partial charge in [-0.3, -0.25) is 0 Å². The minimum atomic E-state index is 0.224. The quantitative estimate of drug-likeness (QED) is 0.627. The van der Waals surface area contributed by atoms with Gasteiger partial charge in [-0.2, -0.15) is 4.98 Å². The maximum absolute atomic E-state index is 9.32. The molecule has 0 bridgehead atoms. The summed E-state index contributed by atoms with van der Waals surface area (Å²) >= 11 is 0. The SMILES string of the molecule is Cc1cccc(Nc2nc(Nc3ccc(O)cc3)ncc2C)c1. The first-order valence-electron chi connectivity index (χ1n) is 7.33. The van der Waals surface area contributed by atoms with Crippen LogP contribution < -0.4 is 10.6 Å². The average molecular weight is 306 g/mol. The standard InChI is InChI=1S/C18H18N4O/c1-12-4-3-5-15(10-12)20-17-13(2)11-19-18(22-17)21-14-6-8-16(23)9-7-14/h3-11,23H,1-2H3,(H2,19,20,21,22).